The minimum atomic E-state index is -0.685. The molecule has 3 nitrogen and oxygen atoms in total. The van der Waals surface area contributed by atoms with Crippen molar-refractivity contribution in [3.8, 4) is 11.5 Å². The van der Waals surface area contributed by atoms with Gasteiger partial charge < -0.3 is 10.1 Å². The van der Waals surface area contributed by atoms with Crippen LogP contribution in [0.5, 0.6) is 11.5 Å². The summed E-state index contributed by atoms with van der Waals surface area (Å²) < 4.78 is 33.1. The van der Waals surface area contributed by atoms with Gasteiger partial charge in [0.05, 0.1) is 12.0 Å². The first-order valence-corrected chi connectivity index (χ1v) is 8.65. The second-order valence-corrected chi connectivity index (χ2v) is 6.51. The van der Waals surface area contributed by atoms with Gasteiger partial charge in [-0.3, -0.25) is 4.79 Å². The van der Waals surface area contributed by atoms with Crippen molar-refractivity contribution in [3.05, 3.63) is 95.1 Å². The fourth-order valence-corrected chi connectivity index (χ4v) is 3.42. The normalized spacial score (nSPS) is 13.9. The molecule has 0 saturated heterocycles. The summed E-state index contributed by atoms with van der Waals surface area (Å²) in [5.74, 6) is -0.932. The first-order chi connectivity index (χ1) is 13.0. The third-order valence-corrected chi connectivity index (χ3v) is 4.73. The Morgan fingerprint density at radius 3 is 2.15 bits per heavy atom. The molecule has 0 aliphatic carbocycles. The van der Waals surface area contributed by atoms with Gasteiger partial charge in [-0.25, -0.2) is 8.78 Å². The summed E-state index contributed by atoms with van der Waals surface area (Å²) in [6, 6.07) is 17.4. The molecule has 0 saturated carbocycles. The van der Waals surface area contributed by atoms with Crippen molar-refractivity contribution < 1.29 is 18.3 Å². The smallest absolute Gasteiger partial charge is 0.232 e. The van der Waals surface area contributed by atoms with E-state index in [-0.39, 0.29) is 11.5 Å². The number of hydrogen-bond donors (Lipinski definition) is 1. The zero-order chi connectivity index (χ0) is 19.0. The van der Waals surface area contributed by atoms with Gasteiger partial charge >= 0.3 is 0 Å². The van der Waals surface area contributed by atoms with E-state index >= 15 is 0 Å². The van der Waals surface area contributed by atoms with Crippen molar-refractivity contribution in [2.45, 2.75) is 18.9 Å². The maximum atomic E-state index is 14.1. The molecule has 0 aromatic heterocycles. The molecule has 0 radical (unpaired) electrons. The van der Waals surface area contributed by atoms with Crippen molar-refractivity contribution in [2.24, 2.45) is 0 Å². The second-order valence-electron chi connectivity index (χ2n) is 6.51. The Bertz CT molecular complexity index is 973. The van der Waals surface area contributed by atoms with E-state index in [2.05, 4.69) is 5.32 Å². The number of amides is 1. The van der Waals surface area contributed by atoms with E-state index in [1.807, 2.05) is 48.5 Å². The monoisotopic (exact) mass is 365 g/mol. The molecule has 0 bridgehead atoms. The van der Waals surface area contributed by atoms with Gasteiger partial charge in [-0.15, -0.1) is 0 Å². The lowest BCUT2D eigenvalue weighted by Gasteiger charge is -2.28. The number of carbonyl (C=O) groups is 1. The van der Waals surface area contributed by atoms with Crippen LogP contribution in [0.15, 0.2) is 66.7 Å². The lowest BCUT2D eigenvalue weighted by Crippen LogP contribution is -2.33. The van der Waals surface area contributed by atoms with Gasteiger partial charge in [-0.1, -0.05) is 42.5 Å². The van der Waals surface area contributed by atoms with Crippen LogP contribution in [0, 0.1) is 11.6 Å². The van der Waals surface area contributed by atoms with Crippen molar-refractivity contribution in [1.29, 1.82) is 0 Å². The number of ether oxygens (including phenoxy) is 1. The molecule has 5 heteroatoms. The van der Waals surface area contributed by atoms with Gasteiger partial charge in [-0.05, 0) is 25.1 Å². The lowest BCUT2D eigenvalue weighted by molar-refractivity contribution is -0.122. The number of fused-ring (bicyclic) bond motifs is 2. The van der Waals surface area contributed by atoms with Gasteiger partial charge in [-0.2, -0.15) is 0 Å². The van der Waals surface area contributed by atoms with Crippen LogP contribution in [-0.2, 0) is 4.79 Å². The number of para-hydroxylation sites is 2. The standard InChI is InChI=1S/C22H17F2NO2/c1-13(15-11-10-14(23)12-18(15)24)25-22(26)21-16-6-2-4-8-19(16)27-20-9-5-3-7-17(20)21/h2-13,21H,1H3,(H,25,26). The quantitative estimate of drug-likeness (QED) is 0.703. The maximum absolute atomic E-state index is 14.1. The highest BCUT2D eigenvalue weighted by Crippen LogP contribution is 2.44. The van der Waals surface area contributed by atoms with Crippen LogP contribution in [0.4, 0.5) is 8.78 Å². The molecule has 1 unspecified atom stereocenters. The Morgan fingerprint density at radius 1 is 0.963 bits per heavy atom. The second kappa shape index (κ2) is 6.83. The van der Waals surface area contributed by atoms with Gasteiger partial charge in [0.25, 0.3) is 0 Å². The molecule has 4 rings (SSSR count). The summed E-state index contributed by atoms with van der Waals surface area (Å²) in [5, 5.41) is 2.85. The van der Waals surface area contributed by atoms with Crippen LogP contribution in [0.3, 0.4) is 0 Å². The molecule has 1 aliphatic heterocycles. The van der Waals surface area contributed by atoms with E-state index in [0.29, 0.717) is 11.5 Å². The average molecular weight is 365 g/mol. The Balaban J connectivity index is 1.67. The van der Waals surface area contributed by atoms with Crippen LogP contribution in [0.2, 0.25) is 0 Å². The molecule has 136 valence electrons. The number of hydrogen-bond acceptors (Lipinski definition) is 2. The fraction of sp³-hybridized carbons (Fsp3) is 0.136. The van der Waals surface area contributed by atoms with Crippen molar-refractivity contribution in [2.75, 3.05) is 0 Å². The van der Waals surface area contributed by atoms with Crippen molar-refractivity contribution in [3.63, 3.8) is 0 Å². The van der Waals surface area contributed by atoms with Crippen LogP contribution in [0.25, 0.3) is 0 Å². The topological polar surface area (TPSA) is 38.3 Å². The first-order valence-electron chi connectivity index (χ1n) is 8.65. The van der Waals surface area contributed by atoms with Crippen LogP contribution in [-0.4, -0.2) is 5.91 Å². The summed E-state index contributed by atoms with van der Waals surface area (Å²) in [6.07, 6.45) is 0. The van der Waals surface area contributed by atoms with Crippen LogP contribution >= 0.6 is 0 Å². The van der Waals surface area contributed by atoms with Gasteiger partial charge in [0.2, 0.25) is 5.91 Å². The Labute approximate surface area is 155 Å². The molecule has 0 fully saturated rings. The predicted molar refractivity (Wildman–Crippen MR) is 97.7 cm³/mol. The Hall–Kier alpha value is -3.21. The van der Waals surface area contributed by atoms with E-state index < -0.39 is 23.6 Å². The molecule has 1 atom stereocenters. The highest BCUT2D eigenvalue weighted by atomic mass is 19.1. The van der Waals surface area contributed by atoms with Gasteiger partial charge in [0, 0.05) is 22.8 Å². The highest BCUT2D eigenvalue weighted by molar-refractivity contribution is 5.89. The molecular weight excluding hydrogens is 348 g/mol. The highest BCUT2D eigenvalue weighted by Gasteiger charge is 2.33. The van der Waals surface area contributed by atoms with Crippen molar-refractivity contribution >= 4 is 5.91 Å². The predicted octanol–water partition coefficient (Wildman–Crippen LogP) is 5.08. The van der Waals surface area contributed by atoms with E-state index in [4.69, 9.17) is 4.74 Å². The first kappa shape index (κ1) is 17.2. The molecule has 27 heavy (non-hydrogen) atoms. The number of nitrogens with one attached hydrogen (secondary N) is 1. The number of carbonyl (C=O) groups excluding carboxylic acids is 1. The van der Waals surface area contributed by atoms with Gasteiger partial charge in [0.15, 0.2) is 0 Å². The van der Waals surface area contributed by atoms with E-state index in [1.54, 1.807) is 6.92 Å². The third-order valence-electron chi connectivity index (χ3n) is 4.73. The minimum absolute atomic E-state index is 0.235. The van der Waals surface area contributed by atoms with Crippen molar-refractivity contribution in [1.82, 2.24) is 5.32 Å². The van der Waals surface area contributed by atoms with Crippen LogP contribution < -0.4 is 10.1 Å². The van der Waals surface area contributed by atoms with E-state index in [0.717, 1.165) is 17.2 Å². The molecule has 1 aliphatic rings. The number of halogens is 2. The summed E-state index contributed by atoms with van der Waals surface area (Å²) in [4.78, 5) is 13.1. The van der Waals surface area contributed by atoms with E-state index in [1.165, 1.54) is 12.1 Å². The molecule has 1 heterocycles. The number of rotatable bonds is 3. The zero-order valence-electron chi connectivity index (χ0n) is 14.6. The Morgan fingerprint density at radius 2 is 1.56 bits per heavy atom. The largest absolute Gasteiger partial charge is 0.457 e. The minimum Gasteiger partial charge on any atom is -0.457 e. The SMILES string of the molecule is CC(NC(=O)C1c2ccccc2Oc2ccccc21)c1ccc(F)cc1F. The summed E-state index contributed by atoms with van der Waals surface area (Å²) in [5.41, 5.74) is 1.74. The average Bonchev–Trinajstić information content (AvgIpc) is 2.65. The summed E-state index contributed by atoms with van der Waals surface area (Å²) >= 11 is 0. The summed E-state index contributed by atoms with van der Waals surface area (Å²) in [6.45, 7) is 1.67. The molecule has 3 aromatic rings. The fourth-order valence-electron chi connectivity index (χ4n) is 3.42. The lowest BCUT2D eigenvalue weighted by atomic mass is 9.87. The Kier molecular flexibility index (Phi) is 4.36. The van der Waals surface area contributed by atoms with Crippen LogP contribution in [0.1, 0.15) is 35.6 Å². The van der Waals surface area contributed by atoms with Gasteiger partial charge in [0.1, 0.15) is 23.1 Å². The van der Waals surface area contributed by atoms with E-state index in [9.17, 15) is 13.6 Å². The molecule has 1 amide bonds. The molecular formula is C22H17F2NO2. The molecule has 1 N–H and O–H groups in total. The number of benzene rings is 3. The zero-order valence-corrected chi connectivity index (χ0v) is 14.6. The molecule has 0 spiro atoms. The maximum Gasteiger partial charge on any atom is 0.232 e. The molecule has 3 aromatic carbocycles. The summed E-state index contributed by atoms with van der Waals surface area (Å²) in [7, 11) is 0. The third kappa shape index (κ3) is 3.16.